The van der Waals surface area contributed by atoms with Gasteiger partial charge in [0.1, 0.15) is 30.5 Å². The number of rotatable bonds is 14. The van der Waals surface area contributed by atoms with Crippen molar-refractivity contribution in [2.45, 2.75) is 64.2 Å². The topological polar surface area (TPSA) is 205 Å². The number of fused-ring (bicyclic) bond motifs is 2. The van der Waals surface area contributed by atoms with E-state index in [1.807, 2.05) is 78.0 Å². The normalized spacial score (nSPS) is 21.8. The summed E-state index contributed by atoms with van der Waals surface area (Å²) in [7, 11) is -2.86. The van der Waals surface area contributed by atoms with Crippen LogP contribution in [-0.4, -0.2) is 76.7 Å². The van der Waals surface area contributed by atoms with Crippen LogP contribution in [-0.2, 0) is 18.9 Å². The zero-order valence-corrected chi connectivity index (χ0v) is 31.8. The fourth-order valence-corrected chi connectivity index (χ4v) is 8.31. The fourth-order valence-electron chi connectivity index (χ4n) is 6.46. The van der Waals surface area contributed by atoms with Gasteiger partial charge in [-0.05, 0) is 49.3 Å². The Hall–Kier alpha value is -4.03. The van der Waals surface area contributed by atoms with Crippen molar-refractivity contribution in [3.63, 3.8) is 0 Å². The first-order valence-electron chi connectivity index (χ1n) is 16.5. The second kappa shape index (κ2) is 15.5. The van der Waals surface area contributed by atoms with E-state index in [1.54, 1.807) is 32.0 Å². The lowest BCUT2D eigenvalue weighted by Gasteiger charge is -2.28. The second-order valence-electron chi connectivity index (χ2n) is 12.7. The molecule has 7 atom stereocenters. The molecule has 0 spiro atoms. The first kappa shape index (κ1) is 37.7. The number of imidazole rings is 1. The van der Waals surface area contributed by atoms with Gasteiger partial charge in [-0.25, -0.2) is 9.51 Å². The summed E-state index contributed by atoms with van der Waals surface area (Å²) in [6.07, 6.45) is -4.22. The van der Waals surface area contributed by atoms with Gasteiger partial charge in [0, 0.05) is 39.0 Å². The van der Waals surface area contributed by atoms with E-state index in [1.165, 1.54) is 11.5 Å². The second-order valence-corrected chi connectivity index (χ2v) is 14.7. The number of carboxylic acids is 1. The number of nitrogens with two attached hydrogens (primary N) is 1. The van der Waals surface area contributed by atoms with E-state index in [0.717, 1.165) is 15.8 Å². The number of carboxylic acid groups (broad SMARTS) is 1. The number of hydrogen-bond donors (Lipinski definition) is 4. The third-order valence-electron chi connectivity index (χ3n) is 8.99. The third-order valence-corrected chi connectivity index (χ3v) is 10.8. The summed E-state index contributed by atoms with van der Waals surface area (Å²) < 4.78 is 34.3. The van der Waals surface area contributed by atoms with Crippen LogP contribution >= 0.6 is 30.8 Å². The molecule has 3 unspecified atom stereocenters. The molecule has 3 aromatic carbocycles. The Morgan fingerprint density at radius 3 is 2.58 bits per heavy atom. The zero-order valence-electron chi connectivity index (χ0n) is 28.8. The van der Waals surface area contributed by atoms with E-state index in [-0.39, 0.29) is 29.4 Å². The van der Waals surface area contributed by atoms with E-state index in [0.29, 0.717) is 27.1 Å². The van der Waals surface area contributed by atoms with Gasteiger partial charge in [0.2, 0.25) is 11.8 Å². The highest BCUT2D eigenvalue weighted by Crippen LogP contribution is 2.47. The summed E-state index contributed by atoms with van der Waals surface area (Å²) in [5, 5.41) is 34.6. The first-order chi connectivity index (χ1) is 24.8. The molecule has 1 aliphatic heterocycles. The molecule has 0 amide bonds. The number of anilines is 1. The van der Waals surface area contributed by atoms with Crippen molar-refractivity contribution in [2.24, 2.45) is 5.92 Å². The maximum absolute atomic E-state index is 14.4. The van der Waals surface area contributed by atoms with Crippen molar-refractivity contribution in [3.05, 3.63) is 81.7 Å². The van der Waals surface area contributed by atoms with Crippen molar-refractivity contribution < 1.29 is 43.5 Å². The van der Waals surface area contributed by atoms with Crippen molar-refractivity contribution in [1.29, 1.82) is 0 Å². The monoisotopic (exact) mass is 845 g/mol. The molecule has 0 bridgehead atoms. The molecule has 2 aromatic heterocycles. The molecule has 1 aliphatic rings. The number of ether oxygens (including phenoxy) is 2. The van der Waals surface area contributed by atoms with Gasteiger partial charge in [-0.15, -0.1) is 0 Å². The summed E-state index contributed by atoms with van der Waals surface area (Å²) in [4.78, 5) is 32.5. The molecule has 5 aromatic rings. The molecular weight excluding hydrogens is 806 g/mol. The summed E-state index contributed by atoms with van der Waals surface area (Å²) >= 11 is 1.95. The van der Waals surface area contributed by atoms with Gasteiger partial charge in [-0.1, -0.05) is 67.6 Å². The molecule has 3 heterocycles. The highest BCUT2D eigenvalue weighted by atomic mass is 127. The predicted molar refractivity (Wildman–Crippen MR) is 199 cm³/mol. The number of nitrogens with zero attached hydrogens (tertiary/aromatic N) is 5. The van der Waals surface area contributed by atoms with E-state index >= 15 is 0 Å². The molecule has 17 heteroatoms. The number of halogens is 1. The van der Waals surface area contributed by atoms with Crippen LogP contribution in [0.15, 0.2) is 66.7 Å². The summed E-state index contributed by atoms with van der Waals surface area (Å²) in [5.41, 5.74) is 6.06. The zero-order chi connectivity index (χ0) is 37.3. The summed E-state index contributed by atoms with van der Waals surface area (Å²) in [5.74, 6) is -1.29. The predicted octanol–water partition coefficient (Wildman–Crippen LogP) is 5.70. The smallest absolute Gasteiger partial charge is 0.481 e. The highest BCUT2D eigenvalue weighted by molar-refractivity contribution is 14.1. The van der Waals surface area contributed by atoms with E-state index < -0.39 is 56.8 Å². The minimum absolute atomic E-state index is 0.0880. The Balaban J connectivity index is 1.36. The van der Waals surface area contributed by atoms with Gasteiger partial charge in [-0.3, -0.25) is 14.2 Å². The highest BCUT2D eigenvalue weighted by Gasteiger charge is 2.55. The van der Waals surface area contributed by atoms with E-state index in [9.17, 15) is 24.7 Å². The Morgan fingerprint density at radius 2 is 1.85 bits per heavy atom. The van der Waals surface area contributed by atoms with Crippen LogP contribution in [0.3, 0.4) is 0 Å². The number of aliphatic hydroxyl groups excluding tert-OH is 1. The molecule has 5 N–H and O–H groups in total. The lowest BCUT2D eigenvalue weighted by Crippen LogP contribution is -2.45. The van der Waals surface area contributed by atoms with Gasteiger partial charge in [0.25, 0.3) is 0 Å². The standard InChI is InChI=1S/C35H38IN6O9P/c1-5-48-31-27-30(39-34(37)40-31)41(33(36)38-27)32-35(4,46)29(45)25(50-32)18-49-42(28(20(3)17-26(43)44)22-14-8-6-11-19(22)2)52(47)51-24-16-10-13-21-12-7-9-15-23(21)24/h6-16,20,25,28-29,32,45-46H,5,17-18H2,1-4H3,(H2-,37,39,40,43,44)/p+1/t20?,25-,28?,29-,32-,35-/m1/s1. The molecule has 0 saturated carbocycles. The van der Waals surface area contributed by atoms with Crippen molar-refractivity contribution >= 4 is 64.6 Å². The molecule has 52 heavy (non-hydrogen) atoms. The SMILES string of the molecule is CCOc1nc(N)nc2c1nc(I)n2[C@@H]1O[C@H](CON(C(c2ccccc2C)C(C)CC(=O)O)[P+](=O)Oc2cccc3ccccc23)[C@@H](O)[C@@]1(C)O. The lowest BCUT2D eigenvalue weighted by molar-refractivity contribution is -0.172. The number of aromatic nitrogens is 4. The minimum Gasteiger partial charge on any atom is -0.481 e. The molecule has 274 valence electrons. The molecule has 0 aliphatic carbocycles. The number of benzene rings is 3. The van der Waals surface area contributed by atoms with Crippen molar-refractivity contribution in [1.82, 2.24) is 24.4 Å². The lowest BCUT2D eigenvalue weighted by atomic mass is 9.90. The van der Waals surface area contributed by atoms with Crippen LogP contribution in [0.2, 0.25) is 0 Å². The maximum Gasteiger partial charge on any atom is 0.693 e. The Labute approximate surface area is 313 Å². The first-order valence-corrected chi connectivity index (χ1v) is 18.7. The van der Waals surface area contributed by atoms with E-state index in [4.69, 9.17) is 24.6 Å². The Kier molecular flexibility index (Phi) is 11.3. The summed E-state index contributed by atoms with van der Waals surface area (Å²) in [6.45, 7) is 6.66. The molecule has 1 saturated heterocycles. The van der Waals surface area contributed by atoms with Crippen molar-refractivity contribution in [3.8, 4) is 11.6 Å². The number of aryl methyl sites for hydroxylation is 1. The fraction of sp³-hybridized carbons (Fsp3) is 0.371. The Morgan fingerprint density at radius 1 is 1.13 bits per heavy atom. The van der Waals surface area contributed by atoms with Crippen LogP contribution in [0.25, 0.3) is 21.9 Å². The average Bonchev–Trinajstić information content (AvgIpc) is 3.53. The van der Waals surface area contributed by atoms with Crippen LogP contribution in [0.5, 0.6) is 11.6 Å². The molecule has 0 radical (unpaired) electrons. The average molecular weight is 846 g/mol. The van der Waals surface area contributed by atoms with Crippen LogP contribution in [0.1, 0.15) is 50.6 Å². The number of carbonyl (C=O) groups is 1. The number of nitrogen functional groups attached to an aromatic ring is 1. The number of aliphatic carboxylic acids is 1. The van der Waals surface area contributed by atoms with Crippen LogP contribution < -0.4 is 15.0 Å². The quantitative estimate of drug-likeness (QED) is 0.0458. The molecule has 6 rings (SSSR count). The van der Waals surface area contributed by atoms with Gasteiger partial charge in [-0.2, -0.15) is 9.97 Å². The third kappa shape index (κ3) is 7.42. The van der Waals surface area contributed by atoms with Crippen molar-refractivity contribution in [2.75, 3.05) is 18.9 Å². The largest absolute Gasteiger partial charge is 0.693 e. The Bertz CT molecular complexity index is 2110. The van der Waals surface area contributed by atoms with Crippen LogP contribution in [0, 0.1) is 16.7 Å². The molecule has 1 fully saturated rings. The van der Waals surface area contributed by atoms with Gasteiger partial charge in [0.15, 0.2) is 27.0 Å². The van der Waals surface area contributed by atoms with Gasteiger partial charge < -0.3 is 30.5 Å². The molecular formula is C35H39IN6O9P+. The summed E-state index contributed by atoms with van der Waals surface area (Å²) in [6, 6.07) is 19.3. The number of hydrogen-bond acceptors (Lipinski definition) is 12. The van der Waals surface area contributed by atoms with Gasteiger partial charge in [0.05, 0.1) is 11.4 Å². The number of hydroxylamine groups is 1. The maximum atomic E-state index is 14.4. The minimum atomic E-state index is -2.86. The van der Waals surface area contributed by atoms with Gasteiger partial charge >= 0.3 is 14.1 Å². The molecule has 15 nitrogen and oxygen atoms in total. The van der Waals surface area contributed by atoms with E-state index in [2.05, 4.69) is 15.0 Å². The number of aliphatic hydroxyl groups is 2. The van der Waals surface area contributed by atoms with Crippen LogP contribution in [0.4, 0.5) is 5.95 Å².